The number of carbonyl (C=O) groups is 2. The van der Waals surface area contributed by atoms with Crippen LogP contribution in [-0.4, -0.2) is 60.1 Å². The first-order valence-corrected chi connectivity index (χ1v) is 7.74. The number of aromatic nitrogens is 1. The number of aryl methyl sites for hydroxylation is 1. The van der Waals surface area contributed by atoms with E-state index in [0.29, 0.717) is 43.2 Å². The Morgan fingerprint density at radius 3 is 2.33 bits per heavy atom. The van der Waals surface area contributed by atoms with Gasteiger partial charge in [0.2, 0.25) is 5.76 Å². The number of methoxy groups -OCH3 is 1. The molecule has 1 aliphatic rings. The van der Waals surface area contributed by atoms with Crippen molar-refractivity contribution in [2.24, 2.45) is 0 Å². The van der Waals surface area contributed by atoms with E-state index in [1.165, 1.54) is 0 Å². The molecule has 2 aromatic rings. The number of carbonyl (C=O) groups excluding carboxylic acids is 2. The minimum atomic E-state index is -0.191. The predicted molar refractivity (Wildman–Crippen MR) is 86.0 cm³/mol. The third-order valence-corrected chi connectivity index (χ3v) is 4.01. The third kappa shape index (κ3) is 3.24. The molecule has 7 nitrogen and oxygen atoms in total. The summed E-state index contributed by atoms with van der Waals surface area (Å²) in [5.74, 6) is 0.635. The zero-order chi connectivity index (χ0) is 17.1. The fraction of sp³-hybridized carbons (Fsp3) is 0.353. The monoisotopic (exact) mass is 329 g/mol. The summed E-state index contributed by atoms with van der Waals surface area (Å²) >= 11 is 0. The minimum Gasteiger partial charge on any atom is -0.497 e. The molecule has 7 heteroatoms. The molecule has 1 aromatic carbocycles. The van der Waals surface area contributed by atoms with Crippen molar-refractivity contribution in [1.82, 2.24) is 15.0 Å². The van der Waals surface area contributed by atoms with E-state index in [9.17, 15) is 9.59 Å². The molecule has 0 unspecified atom stereocenters. The maximum Gasteiger partial charge on any atom is 0.292 e. The summed E-state index contributed by atoms with van der Waals surface area (Å²) in [6, 6.07) is 8.69. The van der Waals surface area contributed by atoms with Gasteiger partial charge >= 0.3 is 0 Å². The lowest BCUT2D eigenvalue weighted by atomic mass is 10.1. The van der Waals surface area contributed by atoms with Crippen molar-refractivity contribution < 1.29 is 18.8 Å². The summed E-state index contributed by atoms with van der Waals surface area (Å²) in [7, 11) is 1.57. The van der Waals surface area contributed by atoms with Gasteiger partial charge in [-0.1, -0.05) is 11.2 Å². The van der Waals surface area contributed by atoms with E-state index in [0.717, 1.165) is 0 Å². The molecule has 1 aromatic heterocycles. The van der Waals surface area contributed by atoms with Gasteiger partial charge in [-0.3, -0.25) is 9.59 Å². The van der Waals surface area contributed by atoms with Crippen molar-refractivity contribution in [2.45, 2.75) is 6.92 Å². The second-order valence-corrected chi connectivity index (χ2v) is 5.65. The van der Waals surface area contributed by atoms with Gasteiger partial charge in [0.25, 0.3) is 11.8 Å². The maximum atomic E-state index is 12.6. The number of hydrogen-bond acceptors (Lipinski definition) is 5. The molecule has 0 saturated carbocycles. The normalized spacial score (nSPS) is 14.6. The molecule has 24 heavy (non-hydrogen) atoms. The second-order valence-electron chi connectivity index (χ2n) is 5.65. The van der Waals surface area contributed by atoms with Gasteiger partial charge in [0, 0.05) is 37.8 Å². The van der Waals surface area contributed by atoms with Gasteiger partial charge in [-0.15, -0.1) is 0 Å². The van der Waals surface area contributed by atoms with Crippen molar-refractivity contribution in [3.63, 3.8) is 0 Å². The molecule has 2 heterocycles. The molecule has 2 amide bonds. The van der Waals surface area contributed by atoms with Gasteiger partial charge in [0.1, 0.15) is 5.75 Å². The summed E-state index contributed by atoms with van der Waals surface area (Å²) in [5, 5.41) is 3.73. The van der Waals surface area contributed by atoms with E-state index in [-0.39, 0.29) is 17.6 Å². The second kappa shape index (κ2) is 6.74. The Morgan fingerprint density at radius 2 is 1.75 bits per heavy atom. The standard InChI is InChI=1S/C17H19N3O4/c1-12-10-15(24-18-12)17(22)20-8-6-19(7-9-20)16(21)13-4-3-5-14(11-13)23-2/h3-5,10-11H,6-9H2,1-2H3. The van der Waals surface area contributed by atoms with Crippen LogP contribution in [0.25, 0.3) is 0 Å². The van der Waals surface area contributed by atoms with E-state index in [2.05, 4.69) is 5.16 Å². The lowest BCUT2D eigenvalue weighted by Crippen LogP contribution is -2.50. The molecule has 1 saturated heterocycles. The molecular weight excluding hydrogens is 310 g/mol. The van der Waals surface area contributed by atoms with E-state index in [1.807, 2.05) is 0 Å². The molecule has 0 spiro atoms. The topological polar surface area (TPSA) is 75.9 Å². The van der Waals surface area contributed by atoms with Crippen LogP contribution in [0, 0.1) is 6.92 Å². The number of benzene rings is 1. The van der Waals surface area contributed by atoms with Crippen LogP contribution in [0.5, 0.6) is 5.75 Å². The molecule has 0 bridgehead atoms. The van der Waals surface area contributed by atoms with Crippen LogP contribution in [0.4, 0.5) is 0 Å². The first-order chi connectivity index (χ1) is 11.6. The highest BCUT2D eigenvalue weighted by atomic mass is 16.5. The van der Waals surface area contributed by atoms with Crippen LogP contribution >= 0.6 is 0 Å². The van der Waals surface area contributed by atoms with Crippen LogP contribution in [0.3, 0.4) is 0 Å². The summed E-state index contributed by atoms with van der Waals surface area (Å²) < 4.78 is 10.2. The average molecular weight is 329 g/mol. The van der Waals surface area contributed by atoms with Crippen LogP contribution in [0.1, 0.15) is 26.6 Å². The van der Waals surface area contributed by atoms with E-state index in [1.54, 1.807) is 54.2 Å². The Bertz CT molecular complexity index is 748. The zero-order valence-corrected chi connectivity index (χ0v) is 13.7. The Kier molecular flexibility index (Phi) is 4.50. The SMILES string of the molecule is COc1cccc(C(=O)N2CCN(C(=O)c3cc(C)no3)CC2)c1. The zero-order valence-electron chi connectivity index (χ0n) is 13.7. The van der Waals surface area contributed by atoms with Crippen molar-refractivity contribution in [3.05, 3.63) is 47.3 Å². The van der Waals surface area contributed by atoms with Gasteiger partial charge in [-0.25, -0.2) is 0 Å². The molecule has 0 radical (unpaired) electrons. The Balaban J connectivity index is 1.62. The Morgan fingerprint density at radius 1 is 1.08 bits per heavy atom. The van der Waals surface area contributed by atoms with Gasteiger partial charge in [0.05, 0.1) is 12.8 Å². The summed E-state index contributed by atoms with van der Waals surface area (Å²) in [5.41, 5.74) is 1.25. The molecular formula is C17H19N3O4. The summed E-state index contributed by atoms with van der Waals surface area (Å²) in [6.07, 6.45) is 0. The van der Waals surface area contributed by atoms with Crippen LogP contribution in [-0.2, 0) is 0 Å². The highest BCUT2D eigenvalue weighted by Crippen LogP contribution is 2.16. The van der Waals surface area contributed by atoms with Gasteiger partial charge in [-0.2, -0.15) is 0 Å². The van der Waals surface area contributed by atoms with Crippen molar-refractivity contribution >= 4 is 11.8 Å². The molecule has 1 fully saturated rings. The molecule has 0 aliphatic carbocycles. The van der Waals surface area contributed by atoms with E-state index < -0.39 is 0 Å². The average Bonchev–Trinajstić information content (AvgIpc) is 3.07. The number of nitrogens with zero attached hydrogens (tertiary/aromatic N) is 3. The fourth-order valence-corrected chi connectivity index (χ4v) is 2.67. The van der Waals surface area contributed by atoms with E-state index >= 15 is 0 Å². The van der Waals surface area contributed by atoms with Crippen molar-refractivity contribution in [1.29, 1.82) is 0 Å². The third-order valence-electron chi connectivity index (χ3n) is 4.01. The quantitative estimate of drug-likeness (QED) is 0.855. The number of rotatable bonds is 3. The lowest BCUT2D eigenvalue weighted by Gasteiger charge is -2.34. The van der Waals surface area contributed by atoms with Gasteiger partial charge < -0.3 is 19.1 Å². The highest BCUT2D eigenvalue weighted by molar-refractivity contribution is 5.95. The molecule has 0 atom stereocenters. The maximum absolute atomic E-state index is 12.6. The fourth-order valence-electron chi connectivity index (χ4n) is 2.67. The van der Waals surface area contributed by atoms with Gasteiger partial charge in [-0.05, 0) is 25.1 Å². The lowest BCUT2D eigenvalue weighted by molar-refractivity contribution is 0.0512. The molecule has 0 N–H and O–H groups in total. The highest BCUT2D eigenvalue weighted by Gasteiger charge is 2.27. The van der Waals surface area contributed by atoms with Gasteiger partial charge in [0.15, 0.2) is 0 Å². The Hall–Kier alpha value is -2.83. The van der Waals surface area contributed by atoms with Crippen molar-refractivity contribution in [2.75, 3.05) is 33.3 Å². The van der Waals surface area contributed by atoms with Crippen LogP contribution < -0.4 is 4.74 Å². The predicted octanol–water partition coefficient (Wildman–Crippen LogP) is 1.59. The van der Waals surface area contributed by atoms with Crippen LogP contribution in [0.2, 0.25) is 0 Å². The first-order valence-electron chi connectivity index (χ1n) is 7.74. The first kappa shape index (κ1) is 16.0. The number of hydrogen-bond donors (Lipinski definition) is 0. The number of ether oxygens (including phenoxy) is 1. The van der Waals surface area contributed by atoms with Crippen LogP contribution in [0.15, 0.2) is 34.9 Å². The van der Waals surface area contributed by atoms with Crippen molar-refractivity contribution in [3.8, 4) is 5.75 Å². The Labute approximate surface area is 139 Å². The number of piperazine rings is 1. The summed E-state index contributed by atoms with van der Waals surface area (Å²) in [6.45, 7) is 3.66. The largest absolute Gasteiger partial charge is 0.497 e. The molecule has 1 aliphatic heterocycles. The van der Waals surface area contributed by atoms with E-state index in [4.69, 9.17) is 9.26 Å². The summed E-state index contributed by atoms with van der Waals surface area (Å²) in [4.78, 5) is 28.3. The molecule has 3 rings (SSSR count). The minimum absolute atomic E-state index is 0.0588. The molecule has 126 valence electrons. The number of amides is 2. The smallest absolute Gasteiger partial charge is 0.292 e.